The molecule has 0 spiro atoms. The van der Waals surface area contributed by atoms with Crippen LogP contribution in [-0.2, 0) is 6.54 Å². The van der Waals surface area contributed by atoms with Crippen molar-refractivity contribution in [1.29, 1.82) is 0 Å². The first-order chi connectivity index (χ1) is 8.86. The molecule has 4 heteroatoms. The Morgan fingerprint density at radius 1 is 1.17 bits per heavy atom. The van der Waals surface area contributed by atoms with Crippen molar-refractivity contribution in [2.45, 2.75) is 38.6 Å². The Labute approximate surface area is 108 Å². The molecule has 1 N–H and O–H groups in total. The third kappa shape index (κ3) is 4.02. The Balaban J connectivity index is 1.79. The minimum Gasteiger partial charge on any atom is -0.332 e. The van der Waals surface area contributed by atoms with Crippen molar-refractivity contribution >= 4 is 6.03 Å². The van der Waals surface area contributed by atoms with Crippen LogP contribution in [0.4, 0.5) is 4.79 Å². The van der Waals surface area contributed by atoms with Gasteiger partial charge in [0.05, 0.1) is 12.2 Å². The number of hydrogen-bond acceptors (Lipinski definition) is 2. The lowest BCUT2D eigenvalue weighted by Crippen LogP contribution is -2.41. The van der Waals surface area contributed by atoms with Gasteiger partial charge in [-0.05, 0) is 25.0 Å². The number of nitrogens with zero attached hydrogens (tertiary/aromatic N) is 2. The number of carbonyl (C=O) groups is 1. The van der Waals surface area contributed by atoms with Gasteiger partial charge in [-0.25, -0.2) is 4.79 Å². The van der Waals surface area contributed by atoms with E-state index in [1.807, 2.05) is 23.1 Å². The second-order valence-corrected chi connectivity index (χ2v) is 4.73. The maximum Gasteiger partial charge on any atom is 0.317 e. The van der Waals surface area contributed by atoms with Gasteiger partial charge in [0, 0.05) is 19.3 Å². The Kier molecular flexibility index (Phi) is 5.00. The summed E-state index contributed by atoms with van der Waals surface area (Å²) in [5.74, 6) is 0. The number of carbonyl (C=O) groups excluding carboxylic acids is 1. The Morgan fingerprint density at radius 3 is 2.56 bits per heavy atom. The molecule has 0 bridgehead atoms. The molecule has 1 saturated heterocycles. The molecule has 1 aliphatic heterocycles. The highest BCUT2D eigenvalue weighted by molar-refractivity contribution is 5.74. The molecule has 0 unspecified atom stereocenters. The third-order valence-electron chi connectivity index (χ3n) is 3.29. The van der Waals surface area contributed by atoms with Gasteiger partial charge in [-0.3, -0.25) is 4.98 Å². The lowest BCUT2D eigenvalue weighted by atomic mass is 10.1. The van der Waals surface area contributed by atoms with Crippen molar-refractivity contribution in [2.24, 2.45) is 0 Å². The second kappa shape index (κ2) is 6.99. The van der Waals surface area contributed by atoms with E-state index >= 15 is 0 Å². The number of urea groups is 1. The fourth-order valence-corrected chi connectivity index (χ4v) is 2.23. The highest BCUT2D eigenvalue weighted by Crippen LogP contribution is 2.10. The summed E-state index contributed by atoms with van der Waals surface area (Å²) >= 11 is 0. The van der Waals surface area contributed by atoms with Crippen LogP contribution in [0.2, 0.25) is 0 Å². The van der Waals surface area contributed by atoms with Crippen molar-refractivity contribution in [3.63, 3.8) is 0 Å². The van der Waals surface area contributed by atoms with Gasteiger partial charge >= 0.3 is 6.03 Å². The maximum atomic E-state index is 12.0. The molecule has 98 valence electrons. The molecule has 2 heterocycles. The topological polar surface area (TPSA) is 45.2 Å². The van der Waals surface area contributed by atoms with Crippen molar-refractivity contribution in [3.05, 3.63) is 30.1 Å². The standard InChI is InChI=1S/C14H21N3O/c18-14(16-12-13-8-4-5-9-15-13)17-10-6-2-1-3-7-11-17/h4-5,8-9H,1-3,6-7,10-12H2,(H,16,18). The Bertz CT molecular complexity index is 359. The lowest BCUT2D eigenvalue weighted by molar-refractivity contribution is 0.191. The third-order valence-corrected chi connectivity index (χ3v) is 3.29. The van der Waals surface area contributed by atoms with Gasteiger partial charge in [-0.15, -0.1) is 0 Å². The summed E-state index contributed by atoms with van der Waals surface area (Å²) in [6, 6.07) is 5.78. The van der Waals surface area contributed by atoms with Gasteiger partial charge in [0.25, 0.3) is 0 Å². The van der Waals surface area contributed by atoms with Crippen molar-refractivity contribution in [1.82, 2.24) is 15.2 Å². The van der Waals surface area contributed by atoms with E-state index in [0.29, 0.717) is 6.54 Å². The summed E-state index contributed by atoms with van der Waals surface area (Å²) in [6.45, 7) is 2.28. The monoisotopic (exact) mass is 247 g/mol. The highest BCUT2D eigenvalue weighted by atomic mass is 16.2. The van der Waals surface area contributed by atoms with Gasteiger partial charge in [0.15, 0.2) is 0 Å². The summed E-state index contributed by atoms with van der Waals surface area (Å²) in [5.41, 5.74) is 0.901. The van der Waals surface area contributed by atoms with E-state index in [1.165, 1.54) is 19.3 Å². The maximum absolute atomic E-state index is 12.0. The van der Waals surface area contributed by atoms with E-state index in [9.17, 15) is 4.79 Å². The number of aromatic nitrogens is 1. The number of likely N-dealkylation sites (tertiary alicyclic amines) is 1. The van der Waals surface area contributed by atoms with Crippen LogP contribution in [-0.4, -0.2) is 29.0 Å². The summed E-state index contributed by atoms with van der Waals surface area (Å²) in [5, 5.41) is 2.94. The highest BCUT2D eigenvalue weighted by Gasteiger charge is 2.13. The number of rotatable bonds is 2. The molecule has 1 aromatic heterocycles. The van der Waals surface area contributed by atoms with Gasteiger partial charge in [-0.1, -0.05) is 25.3 Å². The van der Waals surface area contributed by atoms with E-state index < -0.39 is 0 Å². The molecule has 0 saturated carbocycles. The number of nitrogens with one attached hydrogen (secondary N) is 1. The van der Waals surface area contributed by atoms with E-state index in [4.69, 9.17) is 0 Å². The predicted octanol–water partition coefficient (Wildman–Crippen LogP) is 2.56. The van der Waals surface area contributed by atoms with Crippen LogP contribution in [0.15, 0.2) is 24.4 Å². The van der Waals surface area contributed by atoms with Crippen LogP contribution in [0, 0.1) is 0 Å². The van der Waals surface area contributed by atoms with E-state index in [1.54, 1.807) is 6.20 Å². The second-order valence-electron chi connectivity index (χ2n) is 4.73. The molecule has 18 heavy (non-hydrogen) atoms. The number of hydrogen-bond donors (Lipinski definition) is 1. The van der Waals surface area contributed by atoms with Gasteiger partial charge in [0.1, 0.15) is 0 Å². The molecular formula is C14H21N3O. The van der Waals surface area contributed by atoms with Gasteiger partial charge in [0.2, 0.25) is 0 Å². The number of pyridine rings is 1. The molecule has 1 aromatic rings. The van der Waals surface area contributed by atoms with Crippen LogP contribution in [0.5, 0.6) is 0 Å². The molecule has 0 radical (unpaired) electrons. The van der Waals surface area contributed by atoms with Gasteiger partial charge in [-0.2, -0.15) is 0 Å². The molecule has 0 atom stereocenters. The zero-order chi connectivity index (χ0) is 12.6. The van der Waals surface area contributed by atoms with Gasteiger partial charge < -0.3 is 10.2 Å². The summed E-state index contributed by atoms with van der Waals surface area (Å²) in [6.07, 6.45) is 7.78. The fourth-order valence-electron chi connectivity index (χ4n) is 2.23. The zero-order valence-electron chi connectivity index (χ0n) is 10.8. The van der Waals surface area contributed by atoms with Crippen molar-refractivity contribution in [3.8, 4) is 0 Å². The smallest absolute Gasteiger partial charge is 0.317 e. The molecule has 0 aromatic carbocycles. The fraction of sp³-hybridized carbons (Fsp3) is 0.571. The van der Waals surface area contributed by atoms with Crippen molar-refractivity contribution in [2.75, 3.05) is 13.1 Å². The molecule has 0 aliphatic carbocycles. The SMILES string of the molecule is O=C(NCc1ccccn1)N1CCCCCCC1. The van der Waals surface area contributed by atoms with E-state index in [0.717, 1.165) is 31.6 Å². The van der Waals surface area contributed by atoms with Crippen LogP contribution in [0.25, 0.3) is 0 Å². The Hall–Kier alpha value is -1.58. The summed E-state index contributed by atoms with van der Waals surface area (Å²) in [7, 11) is 0. The Morgan fingerprint density at radius 2 is 1.89 bits per heavy atom. The molecule has 1 fully saturated rings. The first kappa shape index (κ1) is 12.9. The molecule has 2 amide bonds. The van der Waals surface area contributed by atoms with Crippen LogP contribution < -0.4 is 5.32 Å². The average molecular weight is 247 g/mol. The number of amides is 2. The molecular weight excluding hydrogens is 226 g/mol. The van der Waals surface area contributed by atoms with Crippen LogP contribution >= 0.6 is 0 Å². The summed E-state index contributed by atoms with van der Waals surface area (Å²) in [4.78, 5) is 18.2. The quantitative estimate of drug-likeness (QED) is 0.873. The largest absolute Gasteiger partial charge is 0.332 e. The summed E-state index contributed by atoms with van der Waals surface area (Å²) < 4.78 is 0. The van der Waals surface area contributed by atoms with Crippen LogP contribution in [0.1, 0.15) is 37.8 Å². The first-order valence-electron chi connectivity index (χ1n) is 6.79. The van der Waals surface area contributed by atoms with Crippen LogP contribution in [0.3, 0.4) is 0 Å². The molecule has 1 aliphatic rings. The molecule has 4 nitrogen and oxygen atoms in total. The zero-order valence-corrected chi connectivity index (χ0v) is 10.8. The first-order valence-corrected chi connectivity index (χ1v) is 6.79. The predicted molar refractivity (Wildman–Crippen MR) is 71.1 cm³/mol. The van der Waals surface area contributed by atoms with E-state index in [2.05, 4.69) is 10.3 Å². The average Bonchev–Trinajstić information content (AvgIpc) is 2.37. The van der Waals surface area contributed by atoms with E-state index in [-0.39, 0.29) is 6.03 Å². The lowest BCUT2D eigenvalue weighted by Gasteiger charge is -2.24. The normalized spacial score (nSPS) is 16.8. The minimum absolute atomic E-state index is 0.0440. The minimum atomic E-state index is 0.0440. The molecule has 2 rings (SSSR count). The van der Waals surface area contributed by atoms with Crippen molar-refractivity contribution < 1.29 is 4.79 Å².